The summed E-state index contributed by atoms with van der Waals surface area (Å²) in [4.78, 5) is 0. The Morgan fingerprint density at radius 1 is 0.900 bits per heavy atom. The summed E-state index contributed by atoms with van der Waals surface area (Å²) in [6.07, 6.45) is 4.37. The molecule has 0 saturated heterocycles. The highest BCUT2D eigenvalue weighted by Crippen LogP contribution is 2.20. The predicted molar refractivity (Wildman–Crippen MR) is 85.4 cm³/mol. The van der Waals surface area contributed by atoms with Gasteiger partial charge in [-0.3, -0.25) is 0 Å². The van der Waals surface area contributed by atoms with E-state index in [1.807, 2.05) is 24.3 Å². The third kappa shape index (κ3) is 5.02. The van der Waals surface area contributed by atoms with E-state index in [0.29, 0.717) is 13.2 Å². The zero-order chi connectivity index (χ0) is 14.3. The van der Waals surface area contributed by atoms with Crippen molar-refractivity contribution in [3.8, 4) is 0 Å². The molecule has 0 saturated carbocycles. The molecule has 0 spiro atoms. The van der Waals surface area contributed by atoms with Crippen LogP contribution in [0.4, 0.5) is 0 Å². The average molecular weight is 266 g/mol. The minimum absolute atomic E-state index is 0.0324. The van der Waals surface area contributed by atoms with Crippen molar-refractivity contribution in [2.24, 2.45) is 5.41 Å². The van der Waals surface area contributed by atoms with Gasteiger partial charge >= 0.3 is 0 Å². The van der Waals surface area contributed by atoms with Crippen LogP contribution >= 0.6 is 0 Å². The highest BCUT2D eigenvalue weighted by atomic mass is 16.5. The molecule has 0 unspecified atom stereocenters. The molecule has 2 aromatic carbocycles. The summed E-state index contributed by atoms with van der Waals surface area (Å²) < 4.78 is 5.82. The topological polar surface area (TPSA) is 9.23 Å². The van der Waals surface area contributed by atoms with Gasteiger partial charge in [0.25, 0.3) is 0 Å². The Kier molecular flexibility index (Phi) is 5.14. The van der Waals surface area contributed by atoms with Crippen LogP contribution in [0.1, 0.15) is 25.0 Å². The fraction of sp³-hybridized carbons (Fsp3) is 0.263. The van der Waals surface area contributed by atoms with Crippen molar-refractivity contribution in [1.82, 2.24) is 0 Å². The summed E-state index contributed by atoms with van der Waals surface area (Å²) >= 11 is 0. The summed E-state index contributed by atoms with van der Waals surface area (Å²) in [6, 6.07) is 20.6. The van der Waals surface area contributed by atoms with Crippen molar-refractivity contribution < 1.29 is 4.74 Å². The van der Waals surface area contributed by atoms with E-state index in [2.05, 4.69) is 62.4 Å². The van der Waals surface area contributed by atoms with Gasteiger partial charge in [0.2, 0.25) is 0 Å². The van der Waals surface area contributed by atoms with Crippen LogP contribution in [0, 0.1) is 5.41 Å². The molecule has 1 heteroatoms. The standard InChI is InChI=1S/C19H22O/c1-19(2,14-13-17-9-5-3-6-10-17)16-20-15-18-11-7-4-8-12-18/h3-14H,15-16H2,1-2H3/b14-13+. The van der Waals surface area contributed by atoms with Crippen LogP contribution < -0.4 is 0 Å². The molecule has 104 valence electrons. The van der Waals surface area contributed by atoms with Gasteiger partial charge < -0.3 is 4.74 Å². The maximum absolute atomic E-state index is 5.82. The Morgan fingerprint density at radius 2 is 1.50 bits per heavy atom. The van der Waals surface area contributed by atoms with E-state index in [0.717, 1.165) is 0 Å². The molecule has 0 N–H and O–H groups in total. The minimum atomic E-state index is 0.0324. The third-order valence-corrected chi connectivity index (χ3v) is 3.11. The van der Waals surface area contributed by atoms with Crippen LogP contribution in [0.2, 0.25) is 0 Å². The first-order chi connectivity index (χ1) is 9.66. The van der Waals surface area contributed by atoms with Crippen LogP contribution in [-0.4, -0.2) is 6.61 Å². The zero-order valence-electron chi connectivity index (χ0n) is 12.3. The molecule has 0 heterocycles. The summed E-state index contributed by atoms with van der Waals surface area (Å²) in [5.74, 6) is 0. The molecular formula is C19H22O. The first kappa shape index (κ1) is 14.5. The molecule has 0 amide bonds. The molecule has 0 aliphatic rings. The molecular weight excluding hydrogens is 244 g/mol. The Labute approximate surface area is 121 Å². The summed E-state index contributed by atoms with van der Waals surface area (Å²) in [7, 11) is 0. The summed E-state index contributed by atoms with van der Waals surface area (Å²) in [5, 5.41) is 0. The summed E-state index contributed by atoms with van der Waals surface area (Å²) in [6.45, 7) is 5.77. The molecule has 0 fully saturated rings. The Morgan fingerprint density at radius 3 is 2.15 bits per heavy atom. The van der Waals surface area contributed by atoms with Crippen molar-refractivity contribution in [2.45, 2.75) is 20.5 Å². The average Bonchev–Trinajstić information content (AvgIpc) is 2.47. The molecule has 2 aromatic rings. The minimum Gasteiger partial charge on any atom is -0.376 e. The van der Waals surface area contributed by atoms with Crippen LogP contribution in [0.15, 0.2) is 66.7 Å². The number of benzene rings is 2. The van der Waals surface area contributed by atoms with E-state index in [1.165, 1.54) is 11.1 Å². The maximum Gasteiger partial charge on any atom is 0.0717 e. The van der Waals surface area contributed by atoms with Crippen LogP contribution in [0.3, 0.4) is 0 Å². The Balaban J connectivity index is 1.83. The van der Waals surface area contributed by atoms with Crippen molar-refractivity contribution in [1.29, 1.82) is 0 Å². The van der Waals surface area contributed by atoms with E-state index in [9.17, 15) is 0 Å². The van der Waals surface area contributed by atoms with E-state index in [-0.39, 0.29) is 5.41 Å². The number of hydrogen-bond acceptors (Lipinski definition) is 1. The van der Waals surface area contributed by atoms with Crippen molar-refractivity contribution in [3.05, 3.63) is 77.9 Å². The maximum atomic E-state index is 5.82. The predicted octanol–water partition coefficient (Wildman–Crippen LogP) is 4.94. The normalized spacial score (nSPS) is 11.9. The molecule has 0 radical (unpaired) electrons. The van der Waals surface area contributed by atoms with Gasteiger partial charge in [-0.2, -0.15) is 0 Å². The largest absolute Gasteiger partial charge is 0.376 e. The van der Waals surface area contributed by atoms with Gasteiger partial charge in [-0.25, -0.2) is 0 Å². The molecule has 1 nitrogen and oxygen atoms in total. The van der Waals surface area contributed by atoms with E-state index >= 15 is 0 Å². The second kappa shape index (κ2) is 7.06. The van der Waals surface area contributed by atoms with Gasteiger partial charge in [0, 0.05) is 5.41 Å². The van der Waals surface area contributed by atoms with Gasteiger partial charge in [0.1, 0.15) is 0 Å². The molecule has 0 aliphatic heterocycles. The van der Waals surface area contributed by atoms with E-state index in [4.69, 9.17) is 4.74 Å². The SMILES string of the molecule is CC(C)(/C=C/c1ccccc1)COCc1ccccc1. The third-order valence-electron chi connectivity index (χ3n) is 3.11. The molecule has 2 rings (SSSR count). The lowest BCUT2D eigenvalue weighted by Crippen LogP contribution is -2.16. The monoisotopic (exact) mass is 266 g/mol. The lowest BCUT2D eigenvalue weighted by Gasteiger charge is -2.20. The number of ether oxygens (including phenoxy) is 1. The lowest BCUT2D eigenvalue weighted by atomic mass is 9.93. The van der Waals surface area contributed by atoms with Crippen LogP contribution in [0.25, 0.3) is 6.08 Å². The molecule has 0 aromatic heterocycles. The van der Waals surface area contributed by atoms with Crippen molar-refractivity contribution in [2.75, 3.05) is 6.61 Å². The molecule has 0 bridgehead atoms. The van der Waals surface area contributed by atoms with Gasteiger partial charge in [-0.1, -0.05) is 86.7 Å². The van der Waals surface area contributed by atoms with Crippen LogP contribution in [0.5, 0.6) is 0 Å². The highest BCUT2D eigenvalue weighted by molar-refractivity contribution is 5.49. The second-order valence-electron chi connectivity index (χ2n) is 5.71. The zero-order valence-corrected chi connectivity index (χ0v) is 12.3. The van der Waals surface area contributed by atoms with Crippen LogP contribution in [-0.2, 0) is 11.3 Å². The fourth-order valence-corrected chi connectivity index (χ4v) is 1.94. The highest BCUT2D eigenvalue weighted by Gasteiger charge is 2.13. The first-order valence-corrected chi connectivity index (χ1v) is 7.02. The van der Waals surface area contributed by atoms with Gasteiger partial charge in [-0.15, -0.1) is 0 Å². The number of hydrogen-bond donors (Lipinski definition) is 0. The molecule has 20 heavy (non-hydrogen) atoms. The van der Waals surface area contributed by atoms with E-state index in [1.54, 1.807) is 0 Å². The fourth-order valence-electron chi connectivity index (χ4n) is 1.94. The quantitative estimate of drug-likeness (QED) is 0.719. The Hall–Kier alpha value is -1.86. The lowest BCUT2D eigenvalue weighted by molar-refractivity contribution is 0.0720. The van der Waals surface area contributed by atoms with Crippen molar-refractivity contribution >= 4 is 6.08 Å². The molecule has 0 atom stereocenters. The smallest absolute Gasteiger partial charge is 0.0717 e. The number of rotatable bonds is 6. The molecule has 0 aliphatic carbocycles. The summed E-state index contributed by atoms with van der Waals surface area (Å²) in [5.41, 5.74) is 2.48. The van der Waals surface area contributed by atoms with Gasteiger partial charge in [-0.05, 0) is 11.1 Å². The van der Waals surface area contributed by atoms with E-state index < -0.39 is 0 Å². The second-order valence-corrected chi connectivity index (χ2v) is 5.71. The Bertz CT molecular complexity index is 526. The van der Waals surface area contributed by atoms with Gasteiger partial charge in [0.15, 0.2) is 0 Å². The van der Waals surface area contributed by atoms with Crippen molar-refractivity contribution in [3.63, 3.8) is 0 Å². The van der Waals surface area contributed by atoms with Gasteiger partial charge in [0.05, 0.1) is 13.2 Å². The first-order valence-electron chi connectivity index (χ1n) is 7.02.